The molecule has 0 aliphatic rings. The Labute approximate surface area is 110 Å². The predicted molar refractivity (Wildman–Crippen MR) is 73.2 cm³/mol. The molecule has 4 nitrogen and oxygen atoms in total. The van der Waals surface area contributed by atoms with Crippen LogP contribution in [0.25, 0.3) is 12.2 Å². The molecule has 0 unspecified atom stereocenters. The summed E-state index contributed by atoms with van der Waals surface area (Å²) in [6.07, 6.45) is 3.46. The van der Waals surface area contributed by atoms with E-state index in [1.807, 2.05) is 6.07 Å². The highest BCUT2D eigenvalue weighted by Crippen LogP contribution is 2.35. The zero-order chi connectivity index (χ0) is 14.0. The van der Waals surface area contributed by atoms with Crippen LogP contribution >= 0.6 is 0 Å². The maximum Gasteiger partial charge on any atom is 0.200 e. The number of rotatable bonds is 2. The first-order valence-electron chi connectivity index (χ1n) is 5.70. The standard InChI is InChI=1S/C15H14O4/c1-9-6-10(4-5-12(9)16)2-3-11-7-13(17)15(19)14(18)8-11/h2-8,16-19H,1H3/b3-2-. The van der Waals surface area contributed by atoms with Crippen molar-refractivity contribution in [3.05, 3.63) is 47.0 Å². The Bertz CT molecular complexity index is 622. The molecule has 19 heavy (non-hydrogen) atoms. The Balaban J connectivity index is 2.30. The van der Waals surface area contributed by atoms with Crippen LogP contribution < -0.4 is 0 Å². The second-order valence-corrected chi connectivity index (χ2v) is 4.29. The van der Waals surface area contributed by atoms with E-state index in [1.54, 1.807) is 31.2 Å². The average Bonchev–Trinajstić information content (AvgIpc) is 2.37. The van der Waals surface area contributed by atoms with Gasteiger partial charge in [-0.3, -0.25) is 0 Å². The quantitative estimate of drug-likeness (QED) is 0.493. The Morgan fingerprint density at radius 2 is 1.32 bits per heavy atom. The van der Waals surface area contributed by atoms with Gasteiger partial charge in [0, 0.05) is 0 Å². The number of aromatic hydroxyl groups is 4. The van der Waals surface area contributed by atoms with Crippen LogP contribution in [-0.4, -0.2) is 20.4 Å². The molecule has 0 saturated heterocycles. The molecule has 0 bridgehead atoms. The smallest absolute Gasteiger partial charge is 0.200 e. The molecule has 2 aromatic rings. The largest absolute Gasteiger partial charge is 0.508 e. The summed E-state index contributed by atoms with van der Waals surface area (Å²) in [6, 6.07) is 7.85. The zero-order valence-corrected chi connectivity index (χ0v) is 10.3. The fourth-order valence-corrected chi connectivity index (χ4v) is 1.70. The molecule has 2 aromatic carbocycles. The second-order valence-electron chi connectivity index (χ2n) is 4.29. The lowest BCUT2D eigenvalue weighted by molar-refractivity contribution is 0.368. The highest BCUT2D eigenvalue weighted by atomic mass is 16.3. The summed E-state index contributed by atoms with van der Waals surface area (Å²) in [5.74, 6) is -1.04. The minimum Gasteiger partial charge on any atom is -0.508 e. The summed E-state index contributed by atoms with van der Waals surface area (Å²) in [5.41, 5.74) is 2.19. The van der Waals surface area contributed by atoms with Crippen molar-refractivity contribution in [2.75, 3.05) is 0 Å². The van der Waals surface area contributed by atoms with Gasteiger partial charge < -0.3 is 20.4 Å². The van der Waals surface area contributed by atoms with Gasteiger partial charge in [0.15, 0.2) is 17.2 Å². The third-order valence-electron chi connectivity index (χ3n) is 2.78. The van der Waals surface area contributed by atoms with Crippen molar-refractivity contribution in [3.8, 4) is 23.0 Å². The SMILES string of the molecule is Cc1cc(/C=C\c2cc(O)c(O)c(O)c2)ccc1O. The fourth-order valence-electron chi connectivity index (χ4n) is 1.70. The number of phenols is 4. The lowest BCUT2D eigenvalue weighted by Crippen LogP contribution is -1.78. The normalized spacial score (nSPS) is 11.0. The lowest BCUT2D eigenvalue weighted by atomic mass is 10.1. The molecular formula is C15H14O4. The van der Waals surface area contributed by atoms with E-state index < -0.39 is 5.75 Å². The molecule has 0 aromatic heterocycles. The summed E-state index contributed by atoms with van der Waals surface area (Å²) in [6.45, 7) is 1.80. The molecule has 0 aliphatic carbocycles. The van der Waals surface area contributed by atoms with E-state index in [0.717, 1.165) is 11.1 Å². The van der Waals surface area contributed by atoms with Crippen molar-refractivity contribution in [1.82, 2.24) is 0 Å². The van der Waals surface area contributed by atoms with E-state index in [2.05, 4.69) is 0 Å². The van der Waals surface area contributed by atoms with Crippen LogP contribution in [0.1, 0.15) is 16.7 Å². The van der Waals surface area contributed by atoms with Gasteiger partial charge in [0.2, 0.25) is 0 Å². The van der Waals surface area contributed by atoms with Gasteiger partial charge in [-0.2, -0.15) is 0 Å². The van der Waals surface area contributed by atoms with E-state index in [1.165, 1.54) is 12.1 Å². The van der Waals surface area contributed by atoms with Gasteiger partial charge in [-0.15, -0.1) is 0 Å². The van der Waals surface area contributed by atoms with Crippen molar-refractivity contribution in [2.24, 2.45) is 0 Å². The lowest BCUT2D eigenvalue weighted by Gasteiger charge is -2.03. The molecule has 0 saturated carbocycles. The Morgan fingerprint density at radius 1 is 0.737 bits per heavy atom. The second kappa shape index (κ2) is 4.94. The first-order chi connectivity index (χ1) is 8.97. The van der Waals surface area contributed by atoms with E-state index in [9.17, 15) is 20.4 Å². The van der Waals surface area contributed by atoms with Crippen LogP contribution in [0.4, 0.5) is 0 Å². The maximum atomic E-state index is 9.41. The number of phenolic OH excluding ortho intramolecular Hbond substituents is 4. The van der Waals surface area contributed by atoms with Gasteiger partial charge in [-0.05, 0) is 47.9 Å². The molecule has 98 valence electrons. The number of benzene rings is 2. The summed E-state index contributed by atoms with van der Waals surface area (Å²) < 4.78 is 0. The molecule has 0 spiro atoms. The predicted octanol–water partition coefficient (Wildman–Crippen LogP) is 2.99. The van der Waals surface area contributed by atoms with Crippen molar-refractivity contribution in [3.63, 3.8) is 0 Å². The molecule has 0 amide bonds. The van der Waals surface area contributed by atoms with Crippen molar-refractivity contribution in [2.45, 2.75) is 6.92 Å². The van der Waals surface area contributed by atoms with Crippen LogP contribution in [0.3, 0.4) is 0 Å². The monoisotopic (exact) mass is 258 g/mol. The van der Waals surface area contributed by atoms with Gasteiger partial charge in [0.05, 0.1) is 0 Å². The maximum absolute atomic E-state index is 9.41. The molecule has 0 radical (unpaired) electrons. The van der Waals surface area contributed by atoms with E-state index in [0.29, 0.717) is 5.56 Å². The van der Waals surface area contributed by atoms with Gasteiger partial charge >= 0.3 is 0 Å². The van der Waals surface area contributed by atoms with E-state index >= 15 is 0 Å². The third-order valence-corrected chi connectivity index (χ3v) is 2.78. The van der Waals surface area contributed by atoms with Crippen molar-refractivity contribution in [1.29, 1.82) is 0 Å². The van der Waals surface area contributed by atoms with Gasteiger partial charge in [0.1, 0.15) is 5.75 Å². The summed E-state index contributed by atoms with van der Waals surface area (Å²) in [7, 11) is 0. The summed E-state index contributed by atoms with van der Waals surface area (Å²) >= 11 is 0. The number of hydrogen-bond acceptors (Lipinski definition) is 4. The Kier molecular flexibility index (Phi) is 3.33. The van der Waals surface area contributed by atoms with Crippen LogP contribution in [-0.2, 0) is 0 Å². The van der Waals surface area contributed by atoms with Gasteiger partial charge in [-0.1, -0.05) is 18.2 Å². The van der Waals surface area contributed by atoms with Gasteiger partial charge in [-0.25, -0.2) is 0 Å². The molecule has 4 heteroatoms. The van der Waals surface area contributed by atoms with Crippen LogP contribution in [0.15, 0.2) is 30.3 Å². The van der Waals surface area contributed by atoms with Crippen LogP contribution in [0.2, 0.25) is 0 Å². The van der Waals surface area contributed by atoms with Crippen LogP contribution in [0.5, 0.6) is 23.0 Å². The molecule has 0 fully saturated rings. The fraction of sp³-hybridized carbons (Fsp3) is 0.0667. The first-order valence-corrected chi connectivity index (χ1v) is 5.70. The zero-order valence-electron chi connectivity index (χ0n) is 10.3. The third kappa shape index (κ3) is 2.80. The molecule has 2 rings (SSSR count). The number of hydrogen-bond donors (Lipinski definition) is 4. The highest BCUT2D eigenvalue weighted by Gasteiger charge is 2.06. The van der Waals surface area contributed by atoms with Gasteiger partial charge in [0.25, 0.3) is 0 Å². The van der Waals surface area contributed by atoms with Crippen LogP contribution in [0, 0.1) is 6.92 Å². The summed E-state index contributed by atoms with van der Waals surface area (Å²) in [4.78, 5) is 0. The van der Waals surface area contributed by atoms with Crippen molar-refractivity contribution < 1.29 is 20.4 Å². The molecule has 0 aliphatic heterocycles. The molecule has 4 N–H and O–H groups in total. The average molecular weight is 258 g/mol. The van der Waals surface area contributed by atoms with Crippen molar-refractivity contribution >= 4 is 12.2 Å². The molecule has 0 atom stereocenters. The topological polar surface area (TPSA) is 80.9 Å². The molecular weight excluding hydrogens is 244 g/mol. The summed E-state index contributed by atoms with van der Waals surface area (Å²) in [5, 5.41) is 37.4. The Hall–Kier alpha value is -2.62. The Morgan fingerprint density at radius 3 is 1.89 bits per heavy atom. The first kappa shape index (κ1) is 12.8. The van der Waals surface area contributed by atoms with E-state index in [4.69, 9.17) is 0 Å². The highest BCUT2D eigenvalue weighted by molar-refractivity contribution is 5.72. The molecule has 0 heterocycles. The minimum absolute atomic E-state index is 0.233. The number of aryl methyl sites for hydroxylation is 1. The van der Waals surface area contributed by atoms with E-state index in [-0.39, 0.29) is 17.2 Å². The minimum atomic E-state index is -0.530.